The van der Waals surface area contributed by atoms with Gasteiger partial charge in [-0.2, -0.15) is 0 Å². The summed E-state index contributed by atoms with van der Waals surface area (Å²) in [6.45, 7) is 4.64. The van der Waals surface area contributed by atoms with Crippen LogP contribution >= 0.6 is 0 Å². The molecule has 1 aliphatic carbocycles. The third kappa shape index (κ3) is 5.72. The molecule has 0 aromatic rings. The number of hydrogen-bond acceptors (Lipinski definition) is 0. The van der Waals surface area contributed by atoms with Gasteiger partial charge in [-0.15, -0.1) is 0 Å². The van der Waals surface area contributed by atoms with Crippen molar-refractivity contribution >= 4 is 7.28 Å². The third-order valence-electron chi connectivity index (χ3n) is 3.31. The van der Waals surface area contributed by atoms with Crippen molar-refractivity contribution in [1.82, 2.24) is 0 Å². The van der Waals surface area contributed by atoms with Crippen molar-refractivity contribution in [3.63, 3.8) is 0 Å². The van der Waals surface area contributed by atoms with Crippen LogP contribution in [0.15, 0.2) is 0 Å². The van der Waals surface area contributed by atoms with Gasteiger partial charge in [-0.05, 0) is 0 Å². The van der Waals surface area contributed by atoms with Gasteiger partial charge in [0.2, 0.25) is 0 Å². The van der Waals surface area contributed by atoms with E-state index >= 15 is 0 Å². The molecule has 0 atom stereocenters. The van der Waals surface area contributed by atoms with Crippen LogP contribution in [0, 0.1) is 0 Å². The molecule has 1 heteroatoms. The molecule has 1 fully saturated rings. The Bertz CT molecular complexity index is 121. The van der Waals surface area contributed by atoms with E-state index < -0.39 is 0 Å². The van der Waals surface area contributed by atoms with Gasteiger partial charge in [-0.25, -0.2) is 0 Å². The van der Waals surface area contributed by atoms with Gasteiger partial charge < -0.3 is 0 Å². The van der Waals surface area contributed by atoms with E-state index in [1.165, 1.54) is 57.8 Å². The summed E-state index contributed by atoms with van der Waals surface area (Å²) in [5.74, 6) is 1.70. The van der Waals surface area contributed by atoms with Gasteiger partial charge in [0.05, 0.1) is 0 Å². The lowest BCUT2D eigenvalue weighted by molar-refractivity contribution is 0.500. The van der Waals surface area contributed by atoms with Crippen LogP contribution in [-0.4, -0.2) is 7.28 Å². The molecule has 0 nitrogen and oxygen atoms in total. The van der Waals surface area contributed by atoms with Gasteiger partial charge >= 0.3 is 0 Å². The molecule has 1 radical (unpaired) electrons. The highest BCUT2D eigenvalue weighted by molar-refractivity contribution is 6.39. The van der Waals surface area contributed by atoms with Crippen LogP contribution in [0.25, 0.3) is 0 Å². The first kappa shape index (κ1) is 12.1. The lowest BCUT2D eigenvalue weighted by Gasteiger charge is -2.19. The SMILES string of the molecule is CC(C)[B]C1CCCCCCCCC1. The Labute approximate surface area is 91.1 Å². The molecule has 0 bridgehead atoms. The van der Waals surface area contributed by atoms with Crippen molar-refractivity contribution in [3.8, 4) is 0 Å². The van der Waals surface area contributed by atoms with Crippen molar-refractivity contribution in [2.45, 2.75) is 83.3 Å². The molecule has 1 saturated carbocycles. The molecule has 0 aliphatic heterocycles. The minimum absolute atomic E-state index is 0.781. The second-order valence-electron chi connectivity index (χ2n) is 5.25. The lowest BCUT2D eigenvalue weighted by Crippen LogP contribution is -2.08. The van der Waals surface area contributed by atoms with E-state index in [-0.39, 0.29) is 0 Å². The van der Waals surface area contributed by atoms with E-state index in [4.69, 9.17) is 0 Å². The lowest BCUT2D eigenvalue weighted by atomic mass is 9.53. The van der Waals surface area contributed by atoms with Crippen molar-refractivity contribution in [1.29, 1.82) is 0 Å². The summed E-state index contributed by atoms with van der Waals surface area (Å²) in [5.41, 5.74) is 0. The molecule has 1 aliphatic rings. The summed E-state index contributed by atoms with van der Waals surface area (Å²) in [4.78, 5) is 0. The van der Waals surface area contributed by atoms with Gasteiger partial charge in [0.1, 0.15) is 7.28 Å². The zero-order chi connectivity index (χ0) is 10.2. The predicted molar refractivity (Wildman–Crippen MR) is 66.2 cm³/mol. The molecular formula is C13H26B. The molecule has 81 valence electrons. The fourth-order valence-corrected chi connectivity index (χ4v) is 2.58. The van der Waals surface area contributed by atoms with E-state index in [0.717, 1.165) is 11.6 Å². The molecule has 0 saturated heterocycles. The van der Waals surface area contributed by atoms with Crippen LogP contribution in [0.2, 0.25) is 11.6 Å². The fraction of sp³-hybridized carbons (Fsp3) is 1.00. The van der Waals surface area contributed by atoms with Gasteiger partial charge in [-0.3, -0.25) is 0 Å². The first-order valence-corrected chi connectivity index (χ1v) is 6.64. The number of rotatable bonds is 2. The highest BCUT2D eigenvalue weighted by Crippen LogP contribution is 2.27. The largest absolute Gasteiger partial charge is 0.117 e. The van der Waals surface area contributed by atoms with Crippen LogP contribution in [0.3, 0.4) is 0 Å². The Morgan fingerprint density at radius 3 is 1.64 bits per heavy atom. The summed E-state index contributed by atoms with van der Waals surface area (Å²) in [6, 6.07) is 0. The first-order chi connectivity index (χ1) is 6.79. The number of hydrogen-bond donors (Lipinski definition) is 0. The minimum atomic E-state index is 0.781. The molecule has 1 rings (SSSR count). The molecule has 0 unspecified atom stereocenters. The predicted octanol–water partition coefficient (Wildman–Crippen LogP) is 4.83. The second kappa shape index (κ2) is 7.37. The maximum atomic E-state index is 2.58. The Hall–Kier alpha value is 0.0649. The fourth-order valence-electron chi connectivity index (χ4n) is 2.58. The van der Waals surface area contributed by atoms with Crippen LogP contribution in [-0.2, 0) is 0 Å². The highest BCUT2D eigenvalue weighted by atomic mass is 14.1. The van der Waals surface area contributed by atoms with Crippen molar-refractivity contribution in [2.24, 2.45) is 0 Å². The van der Waals surface area contributed by atoms with E-state index in [2.05, 4.69) is 21.1 Å². The zero-order valence-corrected chi connectivity index (χ0v) is 10.1. The second-order valence-corrected chi connectivity index (χ2v) is 5.25. The normalized spacial score (nSPS) is 22.2. The van der Waals surface area contributed by atoms with Gasteiger partial charge in [-0.1, -0.05) is 83.3 Å². The quantitative estimate of drug-likeness (QED) is 0.551. The van der Waals surface area contributed by atoms with E-state index in [0.29, 0.717) is 0 Å². The van der Waals surface area contributed by atoms with Gasteiger partial charge in [0.15, 0.2) is 0 Å². The van der Waals surface area contributed by atoms with Crippen molar-refractivity contribution in [2.75, 3.05) is 0 Å². The molecule has 0 aromatic heterocycles. The van der Waals surface area contributed by atoms with Crippen molar-refractivity contribution < 1.29 is 0 Å². The Balaban J connectivity index is 2.23. The highest BCUT2D eigenvalue weighted by Gasteiger charge is 2.12. The Morgan fingerprint density at radius 2 is 1.21 bits per heavy atom. The maximum Gasteiger partial charge on any atom is 0.117 e. The maximum absolute atomic E-state index is 2.58. The summed E-state index contributed by atoms with van der Waals surface area (Å²) < 4.78 is 0. The van der Waals surface area contributed by atoms with E-state index in [9.17, 15) is 0 Å². The average molecular weight is 193 g/mol. The average Bonchev–Trinajstić information content (AvgIpc) is 2.15. The zero-order valence-electron chi connectivity index (χ0n) is 10.1. The Kier molecular flexibility index (Phi) is 6.39. The van der Waals surface area contributed by atoms with Crippen LogP contribution in [0.1, 0.15) is 71.6 Å². The molecule has 0 spiro atoms. The van der Waals surface area contributed by atoms with Crippen LogP contribution < -0.4 is 0 Å². The van der Waals surface area contributed by atoms with Gasteiger partial charge in [0, 0.05) is 0 Å². The third-order valence-corrected chi connectivity index (χ3v) is 3.31. The smallest absolute Gasteiger partial charge is 0.0742 e. The molecular weight excluding hydrogens is 167 g/mol. The first-order valence-electron chi connectivity index (χ1n) is 6.64. The van der Waals surface area contributed by atoms with Gasteiger partial charge in [0.25, 0.3) is 0 Å². The van der Waals surface area contributed by atoms with Crippen LogP contribution in [0.4, 0.5) is 0 Å². The Morgan fingerprint density at radius 1 is 0.786 bits per heavy atom. The topological polar surface area (TPSA) is 0 Å². The molecule has 0 heterocycles. The summed E-state index contributed by atoms with van der Waals surface area (Å²) >= 11 is 0. The summed E-state index contributed by atoms with van der Waals surface area (Å²) in [5, 5.41) is 0. The molecule has 0 aromatic carbocycles. The van der Waals surface area contributed by atoms with Crippen LogP contribution in [0.5, 0.6) is 0 Å². The molecule has 14 heavy (non-hydrogen) atoms. The van der Waals surface area contributed by atoms with E-state index in [1.807, 2.05) is 0 Å². The monoisotopic (exact) mass is 193 g/mol. The summed E-state index contributed by atoms with van der Waals surface area (Å²) in [7, 11) is 2.58. The standard InChI is InChI=1S/C13H26B/c1-12(2)14-13-10-8-6-4-3-5-7-9-11-13/h12-13H,3-11H2,1-2H3. The molecule has 0 amide bonds. The minimum Gasteiger partial charge on any atom is -0.0742 e. The molecule has 0 N–H and O–H groups in total. The summed E-state index contributed by atoms with van der Waals surface area (Å²) in [6.07, 6.45) is 13.2. The van der Waals surface area contributed by atoms with E-state index in [1.54, 1.807) is 0 Å². The van der Waals surface area contributed by atoms with Crippen molar-refractivity contribution in [3.05, 3.63) is 0 Å².